The summed E-state index contributed by atoms with van der Waals surface area (Å²) in [6, 6.07) is 0. The van der Waals surface area contributed by atoms with Crippen LogP contribution in [0.1, 0.15) is 47.0 Å². The van der Waals surface area contributed by atoms with Gasteiger partial charge in [0, 0.05) is 6.61 Å². The van der Waals surface area contributed by atoms with Crippen LogP contribution in [0.15, 0.2) is 0 Å². The molecule has 0 amide bonds. The molecule has 0 N–H and O–H groups in total. The van der Waals surface area contributed by atoms with Crippen LogP contribution in [0.25, 0.3) is 0 Å². The third-order valence-electron chi connectivity index (χ3n) is 3.49. The summed E-state index contributed by atoms with van der Waals surface area (Å²) in [5.74, 6) is 2.50. The molecule has 78 valence electrons. The number of hydrogen-bond acceptors (Lipinski definition) is 1. The zero-order chi connectivity index (χ0) is 9.84. The molecule has 1 aliphatic carbocycles. The van der Waals surface area contributed by atoms with Crippen LogP contribution in [0.3, 0.4) is 0 Å². The Morgan fingerprint density at radius 1 is 1.31 bits per heavy atom. The number of rotatable bonds is 3. The summed E-state index contributed by atoms with van der Waals surface area (Å²) in [5, 5.41) is 0. The van der Waals surface area contributed by atoms with Gasteiger partial charge in [0.25, 0.3) is 0 Å². The van der Waals surface area contributed by atoms with Crippen molar-refractivity contribution in [3.63, 3.8) is 0 Å². The number of hydrogen-bond donors (Lipinski definition) is 0. The SMILES string of the molecule is CCOC1CC(C(C)C)CCC1C. The van der Waals surface area contributed by atoms with Crippen molar-refractivity contribution in [3.8, 4) is 0 Å². The first-order valence-electron chi connectivity index (χ1n) is 5.76. The van der Waals surface area contributed by atoms with Gasteiger partial charge >= 0.3 is 0 Å². The van der Waals surface area contributed by atoms with E-state index >= 15 is 0 Å². The predicted molar refractivity (Wildman–Crippen MR) is 56.8 cm³/mol. The molecule has 0 aromatic rings. The van der Waals surface area contributed by atoms with Gasteiger partial charge in [0.05, 0.1) is 6.10 Å². The topological polar surface area (TPSA) is 9.23 Å². The molecule has 3 unspecified atom stereocenters. The van der Waals surface area contributed by atoms with Crippen LogP contribution in [0, 0.1) is 17.8 Å². The van der Waals surface area contributed by atoms with Gasteiger partial charge in [-0.25, -0.2) is 0 Å². The van der Waals surface area contributed by atoms with Gasteiger partial charge < -0.3 is 4.74 Å². The molecule has 0 aromatic heterocycles. The Labute approximate surface area is 82.9 Å². The van der Waals surface area contributed by atoms with E-state index in [1.807, 2.05) is 0 Å². The lowest BCUT2D eigenvalue weighted by atomic mass is 9.76. The van der Waals surface area contributed by atoms with E-state index in [1.165, 1.54) is 19.3 Å². The first-order chi connectivity index (χ1) is 6.15. The van der Waals surface area contributed by atoms with Crippen molar-refractivity contribution >= 4 is 0 Å². The summed E-state index contributed by atoms with van der Waals surface area (Å²) in [7, 11) is 0. The third-order valence-corrected chi connectivity index (χ3v) is 3.49. The minimum Gasteiger partial charge on any atom is -0.378 e. The Hall–Kier alpha value is -0.0400. The average Bonchev–Trinajstić information content (AvgIpc) is 2.08. The van der Waals surface area contributed by atoms with Crippen molar-refractivity contribution in [1.29, 1.82) is 0 Å². The van der Waals surface area contributed by atoms with Crippen LogP contribution in [0.5, 0.6) is 0 Å². The molecule has 0 spiro atoms. The van der Waals surface area contributed by atoms with E-state index in [2.05, 4.69) is 27.7 Å². The lowest BCUT2D eigenvalue weighted by Crippen LogP contribution is -2.32. The fraction of sp³-hybridized carbons (Fsp3) is 1.00. The van der Waals surface area contributed by atoms with Crippen molar-refractivity contribution in [2.75, 3.05) is 6.61 Å². The Morgan fingerprint density at radius 2 is 2.00 bits per heavy atom. The van der Waals surface area contributed by atoms with E-state index in [1.54, 1.807) is 0 Å². The summed E-state index contributed by atoms with van der Waals surface area (Å²) in [6.45, 7) is 9.98. The van der Waals surface area contributed by atoms with Crippen molar-refractivity contribution in [1.82, 2.24) is 0 Å². The molecule has 1 saturated carbocycles. The minimum atomic E-state index is 0.533. The average molecular weight is 184 g/mol. The Bertz CT molecular complexity index is 142. The Kier molecular flexibility index (Phi) is 4.24. The Balaban J connectivity index is 2.42. The summed E-state index contributed by atoms with van der Waals surface area (Å²) >= 11 is 0. The summed E-state index contributed by atoms with van der Waals surface area (Å²) in [6.07, 6.45) is 4.58. The fourth-order valence-corrected chi connectivity index (χ4v) is 2.36. The molecule has 1 heteroatoms. The normalized spacial score (nSPS) is 35.3. The molecule has 0 aromatic carbocycles. The van der Waals surface area contributed by atoms with E-state index < -0.39 is 0 Å². The van der Waals surface area contributed by atoms with Crippen molar-refractivity contribution < 1.29 is 4.74 Å². The van der Waals surface area contributed by atoms with Gasteiger partial charge in [0.1, 0.15) is 0 Å². The number of ether oxygens (including phenoxy) is 1. The highest BCUT2D eigenvalue weighted by Crippen LogP contribution is 2.34. The maximum atomic E-state index is 5.78. The molecule has 0 saturated heterocycles. The zero-order valence-electron chi connectivity index (χ0n) is 9.55. The van der Waals surface area contributed by atoms with E-state index in [4.69, 9.17) is 4.74 Å². The minimum absolute atomic E-state index is 0.533. The molecule has 1 aliphatic rings. The lowest BCUT2D eigenvalue weighted by Gasteiger charge is -2.35. The smallest absolute Gasteiger partial charge is 0.0603 e. The molecule has 1 rings (SSSR count). The lowest BCUT2D eigenvalue weighted by molar-refractivity contribution is -0.0211. The van der Waals surface area contributed by atoms with Gasteiger partial charge in [-0.3, -0.25) is 0 Å². The van der Waals surface area contributed by atoms with Gasteiger partial charge in [-0.2, -0.15) is 0 Å². The van der Waals surface area contributed by atoms with Crippen molar-refractivity contribution in [2.45, 2.75) is 53.1 Å². The molecule has 1 fully saturated rings. The Morgan fingerprint density at radius 3 is 2.54 bits per heavy atom. The van der Waals surface area contributed by atoms with Gasteiger partial charge in [-0.05, 0) is 43.9 Å². The molecular weight excluding hydrogens is 160 g/mol. The van der Waals surface area contributed by atoms with E-state index in [9.17, 15) is 0 Å². The third kappa shape index (κ3) is 2.98. The predicted octanol–water partition coefficient (Wildman–Crippen LogP) is 3.48. The van der Waals surface area contributed by atoms with Gasteiger partial charge in [0.2, 0.25) is 0 Å². The van der Waals surface area contributed by atoms with Gasteiger partial charge in [-0.1, -0.05) is 20.8 Å². The van der Waals surface area contributed by atoms with Crippen LogP contribution in [0.2, 0.25) is 0 Å². The molecule has 0 bridgehead atoms. The van der Waals surface area contributed by atoms with E-state index in [0.29, 0.717) is 6.10 Å². The maximum Gasteiger partial charge on any atom is 0.0603 e. The fourth-order valence-electron chi connectivity index (χ4n) is 2.36. The first kappa shape index (κ1) is 11.0. The monoisotopic (exact) mass is 184 g/mol. The van der Waals surface area contributed by atoms with Crippen LogP contribution in [-0.2, 0) is 4.74 Å². The summed E-state index contributed by atoms with van der Waals surface area (Å²) in [5.41, 5.74) is 0. The quantitative estimate of drug-likeness (QED) is 0.652. The van der Waals surface area contributed by atoms with Crippen molar-refractivity contribution in [2.24, 2.45) is 17.8 Å². The highest BCUT2D eigenvalue weighted by Gasteiger charge is 2.29. The molecule has 13 heavy (non-hydrogen) atoms. The summed E-state index contributed by atoms with van der Waals surface area (Å²) in [4.78, 5) is 0. The highest BCUT2D eigenvalue weighted by molar-refractivity contribution is 4.79. The second-order valence-corrected chi connectivity index (χ2v) is 4.79. The molecule has 0 heterocycles. The molecule has 0 radical (unpaired) electrons. The van der Waals surface area contributed by atoms with Crippen LogP contribution >= 0.6 is 0 Å². The van der Waals surface area contributed by atoms with Gasteiger partial charge in [-0.15, -0.1) is 0 Å². The van der Waals surface area contributed by atoms with E-state index in [0.717, 1.165) is 24.4 Å². The summed E-state index contributed by atoms with van der Waals surface area (Å²) < 4.78 is 5.78. The van der Waals surface area contributed by atoms with E-state index in [-0.39, 0.29) is 0 Å². The first-order valence-corrected chi connectivity index (χ1v) is 5.76. The highest BCUT2D eigenvalue weighted by atomic mass is 16.5. The van der Waals surface area contributed by atoms with Gasteiger partial charge in [0.15, 0.2) is 0 Å². The molecule has 0 aliphatic heterocycles. The van der Waals surface area contributed by atoms with Crippen molar-refractivity contribution in [3.05, 3.63) is 0 Å². The van der Waals surface area contributed by atoms with Crippen LogP contribution < -0.4 is 0 Å². The maximum absolute atomic E-state index is 5.78. The second-order valence-electron chi connectivity index (χ2n) is 4.79. The largest absolute Gasteiger partial charge is 0.378 e. The zero-order valence-corrected chi connectivity index (χ0v) is 9.55. The molecule has 3 atom stereocenters. The second kappa shape index (κ2) is 4.99. The molecular formula is C12H24O. The van der Waals surface area contributed by atoms with Crippen LogP contribution in [0.4, 0.5) is 0 Å². The van der Waals surface area contributed by atoms with Crippen LogP contribution in [-0.4, -0.2) is 12.7 Å². The standard InChI is InChI=1S/C12H24O/c1-5-13-12-8-11(9(2)3)7-6-10(12)4/h9-12H,5-8H2,1-4H3. The molecule has 1 nitrogen and oxygen atoms in total.